The number of nitrogens with zero attached hydrogens (tertiary/aromatic N) is 2. The Balaban J connectivity index is 2.15. The van der Waals surface area contributed by atoms with Crippen molar-refractivity contribution >= 4 is 0 Å². The van der Waals surface area contributed by atoms with E-state index >= 15 is 0 Å². The molecule has 4 heteroatoms. The maximum absolute atomic E-state index is 9.67. The molecular weight excluding hydrogens is 190 g/mol. The molecule has 0 spiro atoms. The molecule has 4 nitrogen and oxygen atoms in total. The van der Waals surface area contributed by atoms with E-state index in [2.05, 4.69) is 22.3 Å². The van der Waals surface area contributed by atoms with Crippen LogP contribution in [0.15, 0.2) is 30.5 Å². The molecule has 0 fully saturated rings. The molecule has 1 heterocycles. The van der Waals surface area contributed by atoms with Crippen molar-refractivity contribution in [1.29, 1.82) is 0 Å². The molecule has 2 aromatic rings. The van der Waals surface area contributed by atoms with Crippen LogP contribution in [0.4, 0.5) is 0 Å². The first kappa shape index (κ1) is 9.71. The number of aromatic amines is 1. The van der Waals surface area contributed by atoms with Gasteiger partial charge < -0.3 is 5.11 Å². The number of H-pyrrole nitrogens is 1. The Bertz CT molecular complexity index is 425. The van der Waals surface area contributed by atoms with Gasteiger partial charge in [-0.3, -0.25) is 0 Å². The zero-order chi connectivity index (χ0) is 10.7. The molecule has 2 N–H and O–H groups in total. The number of aromatic nitrogens is 3. The Labute approximate surface area is 88.0 Å². The molecule has 1 unspecified atom stereocenters. The van der Waals surface area contributed by atoms with E-state index < -0.39 is 0 Å². The summed E-state index contributed by atoms with van der Waals surface area (Å²) in [6.45, 7) is 2.06. The number of para-hydroxylation sites is 1. The molecule has 2 rings (SSSR count). The summed E-state index contributed by atoms with van der Waals surface area (Å²) >= 11 is 0. The summed E-state index contributed by atoms with van der Waals surface area (Å²) in [4.78, 5) is 0. The largest absolute Gasteiger partial charge is 0.508 e. The number of rotatable bonds is 3. The van der Waals surface area contributed by atoms with E-state index in [-0.39, 0.29) is 5.92 Å². The second kappa shape index (κ2) is 4.13. The van der Waals surface area contributed by atoms with E-state index in [1.54, 1.807) is 12.3 Å². The van der Waals surface area contributed by atoms with E-state index in [0.717, 1.165) is 17.7 Å². The molecule has 0 amide bonds. The van der Waals surface area contributed by atoms with Gasteiger partial charge in [0.05, 0.1) is 11.9 Å². The lowest BCUT2D eigenvalue weighted by Gasteiger charge is -2.11. The Kier molecular flexibility index (Phi) is 2.67. The molecule has 78 valence electrons. The van der Waals surface area contributed by atoms with E-state index in [1.165, 1.54) is 0 Å². The fourth-order valence-corrected chi connectivity index (χ4v) is 1.65. The molecule has 0 aliphatic carbocycles. The third kappa shape index (κ3) is 2.15. The third-order valence-corrected chi connectivity index (χ3v) is 2.45. The van der Waals surface area contributed by atoms with Crippen molar-refractivity contribution in [3.63, 3.8) is 0 Å². The molecule has 0 saturated heterocycles. The monoisotopic (exact) mass is 203 g/mol. The normalized spacial score (nSPS) is 12.6. The number of phenols is 1. The predicted octanol–water partition coefficient (Wildman–Crippen LogP) is 1.86. The van der Waals surface area contributed by atoms with Crippen molar-refractivity contribution in [3.05, 3.63) is 41.7 Å². The summed E-state index contributed by atoms with van der Waals surface area (Å²) in [5, 5.41) is 20.0. The van der Waals surface area contributed by atoms with Crippen LogP contribution in [0.2, 0.25) is 0 Å². The minimum absolute atomic E-state index is 0.233. The molecule has 0 bridgehead atoms. The second-order valence-corrected chi connectivity index (χ2v) is 3.63. The van der Waals surface area contributed by atoms with Gasteiger partial charge in [-0.1, -0.05) is 25.1 Å². The van der Waals surface area contributed by atoms with Crippen LogP contribution in [-0.4, -0.2) is 20.5 Å². The smallest absolute Gasteiger partial charge is 0.119 e. The fraction of sp³-hybridized carbons (Fsp3) is 0.273. The first-order valence-corrected chi connectivity index (χ1v) is 4.90. The van der Waals surface area contributed by atoms with Crippen LogP contribution in [0.3, 0.4) is 0 Å². The highest BCUT2D eigenvalue weighted by molar-refractivity contribution is 5.35. The summed E-state index contributed by atoms with van der Waals surface area (Å²) in [5.74, 6) is 0.574. The van der Waals surface area contributed by atoms with E-state index in [9.17, 15) is 5.11 Å². The molecule has 0 saturated carbocycles. The molecular formula is C11H13N3O. The van der Waals surface area contributed by atoms with Crippen LogP contribution in [0.5, 0.6) is 5.75 Å². The standard InChI is InChI=1S/C11H13N3O/c1-8(6-9-7-12-14-13-9)10-4-2-3-5-11(10)15/h2-5,7-8,15H,6H2,1H3,(H,12,13,14). The third-order valence-electron chi connectivity index (χ3n) is 2.45. The van der Waals surface area contributed by atoms with Gasteiger partial charge in [-0.25, -0.2) is 0 Å². The van der Waals surface area contributed by atoms with Crippen molar-refractivity contribution in [3.8, 4) is 5.75 Å². The quantitative estimate of drug-likeness (QED) is 0.800. The first-order chi connectivity index (χ1) is 7.27. The lowest BCUT2D eigenvalue weighted by molar-refractivity contribution is 0.462. The van der Waals surface area contributed by atoms with Crippen LogP contribution in [0.25, 0.3) is 0 Å². The zero-order valence-electron chi connectivity index (χ0n) is 8.51. The predicted molar refractivity (Wildman–Crippen MR) is 56.6 cm³/mol. The summed E-state index contributed by atoms with van der Waals surface area (Å²) in [6, 6.07) is 7.38. The molecule has 0 radical (unpaired) electrons. The van der Waals surface area contributed by atoms with Gasteiger partial charge in [-0.2, -0.15) is 15.4 Å². The Hall–Kier alpha value is -1.84. The summed E-state index contributed by atoms with van der Waals surface area (Å²) in [5.41, 5.74) is 1.85. The first-order valence-electron chi connectivity index (χ1n) is 4.90. The average Bonchev–Trinajstić information content (AvgIpc) is 2.71. The number of phenolic OH excluding ortho intramolecular Hbond substituents is 1. The molecule has 1 aromatic heterocycles. The van der Waals surface area contributed by atoms with Gasteiger partial charge in [0.25, 0.3) is 0 Å². The maximum atomic E-state index is 9.67. The van der Waals surface area contributed by atoms with E-state index in [0.29, 0.717) is 5.75 Å². The van der Waals surface area contributed by atoms with Crippen LogP contribution in [-0.2, 0) is 6.42 Å². The minimum Gasteiger partial charge on any atom is -0.508 e. The Morgan fingerprint density at radius 3 is 2.87 bits per heavy atom. The number of hydrogen-bond acceptors (Lipinski definition) is 3. The molecule has 0 aliphatic heterocycles. The highest BCUT2D eigenvalue weighted by atomic mass is 16.3. The van der Waals surface area contributed by atoms with Gasteiger partial charge >= 0.3 is 0 Å². The van der Waals surface area contributed by atoms with Gasteiger partial charge in [0.2, 0.25) is 0 Å². The lowest BCUT2D eigenvalue weighted by atomic mass is 9.96. The molecule has 15 heavy (non-hydrogen) atoms. The highest BCUT2D eigenvalue weighted by Crippen LogP contribution is 2.26. The second-order valence-electron chi connectivity index (χ2n) is 3.63. The molecule has 1 atom stereocenters. The minimum atomic E-state index is 0.233. The summed E-state index contributed by atoms with van der Waals surface area (Å²) in [7, 11) is 0. The molecule has 0 aliphatic rings. The van der Waals surface area contributed by atoms with Crippen molar-refractivity contribution in [2.45, 2.75) is 19.3 Å². The van der Waals surface area contributed by atoms with Gasteiger partial charge in [0.15, 0.2) is 0 Å². The van der Waals surface area contributed by atoms with Crippen molar-refractivity contribution in [2.24, 2.45) is 0 Å². The number of benzene rings is 1. The molecule has 1 aromatic carbocycles. The number of hydrogen-bond donors (Lipinski definition) is 2. The topological polar surface area (TPSA) is 61.8 Å². The highest BCUT2D eigenvalue weighted by Gasteiger charge is 2.11. The van der Waals surface area contributed by atoms with E-state index in [4.69, 9.17) is 0 Å². The van der Waals surface area contributed by atoms with Crippen LogP contribution in [0, 0.1) is 0 Å². The van der Waals surface area contributed by atoms with E-state index in [1.807, 2.05) is 18.2 Å². The van der Waals surface area contributed by atoms with Crippen LogP contribution in [0.1, 0.15) is 24.1 Å². The number of nitrogens with one attached hydrogen (secondary N) is 1. The SMILES string of the molecule is CC(Cc1cn[nH]n1)c1ccccc1O. The van der Waals surface area contributed by atoms with Crippen molar-refractivity contribution < 1.29 is 5.11 Å². The zero-order valence-corrected chi connectivity index (χ0v) is 8.51. The maximum Gasteiger partial charge on any atom is 0.119 e. The Morgan fingerprint density at radius 2 is 2.20 bits per heavy atom. The summed E-state index contributed by atoms with van der Waals surface area (Å²) in [6.07, 6.45) is 2.48. The van der Waals surface area contributed by atoms with Gasteiger partial charge in [0.1, 0.15) is 5.75 Å². The van der Waals surface area contributed by atoms with Crippen molar-refractivity contribution in [1.82, 2.24) is 15.4 Å². The Morgan fingerprint density at radius 1 is 1.40 bits per heavy atom. The van der Waals surface area contributed by atoms with Crippen LogP contribution < -0.4 is 0 Å². The summed E-state index contributed by atoms with van der Waals surface area (Å²) < 4.78 is 0. The van der Waals surface area contributed by atoms with Gasteiger partial charge in [0, 0.05) is 0 Å². The lowest BCUT2D eigenvalue weighted by Crippen LogP contribution is -1.99. The van der Waals surface area contributed by atoms with Crippen LogP contribution >= 0.6 is 0 Å². The average molecular weight is 203 g/mol. The van der Waals surface area contributed by atoms with Gasteiger partial charge in [-0.05, 0) is 24.0 Å². The number of aromatic hydroxyl groups is 1. The van der Waals surface area contributed by atoms with Crippen molar-refractivity contribution in [2.75, 3.05) is 0 Å². The van der Waals surface area contributed by atoms with Gasteiger partial charge in [-0.15, -0.1) is 0 Å². The fourth-order valence-electron chi connectivity index (χ4n) is 1.65.